The Morgan fingerprint density at radius 2 is 1.27 bits per heavy atom. The van der Waals surface area contributed by atoms with Crippen LogP contribution >= 0.6 is 0 Å². The van der Waals surface area contributed by atoms with Gasteiger partial charge in [0.25, 0.3) is 17.6 Å². The van der Waals surface area contributed by atoms with Gasteiger partial charge in [0.1, 0.15) is 13.2 Å². The monoisotopic (exact) mass is 822 g/mol. The first-order valence-electron chi connectivity index (χ1n) is 19.2. The SMILES string of the molecule is CC(C)C(NC(=O)[C@]1(C(=O)c2ccccc2C(=O)NCCC(C(=O)OCc2ccccc2)C(=O)OCc2ccccc2)CCCN1C(=O)[C@@H](N)C(C)C)C(=O)C(F)(F)F. The van der Waals surface area contributed by atoms with E-state index in [2.05, 4.69) is 10.6 Å². The number of hydrogen-bond acceptors (Lipinski definition) is 10. The lowest BCUT2D eigenvalue weighted by molar-refractivity contribution is -0.175. The van der Waals surface area contributed by atoms with Gasteiger partial charge in [-0.25, -0.2) is 0 Å². The highest BCUT2D eigenvalue weighted by molar-refractivity contribution is 6.23. The normalized spacial score (nSPS) is 16.4. The summed E-state index contributed by atoms with van der Waals surface area (Å²) in [4.78, 5) is 96.6. The van der Waals surface area contributed by atoms with Crippen molar-refractivity contribution in [3.8, 4) is 0 Å². The number of alkyl halides is 3. The molecule has 0 spiro atoms. The molecule has 4 rings (SSSR count). The summed E-state index contributed by atoms with van der Waals surface area (Å²) in [6.45, 7) is 5.09. The summed E-state index contributed by atoms with van der Waals surface area (Å²) < 4.78 is 51.8. The van der Waals surface area contributed by atoms with Crippen molar-refractivity contribution in [1.82, 2.24) is 15.5 Å². The zero-order chi connectivity index (χ0) is 43.5. The van der Waals surface area contributed by atoms with Gasteiger partial charge in [0.2, 0.25) is 5.91 Å². The lowest BCUT2D eigenvalue weighted by Gasteiger charge is -2.39. The molecular weight excluding hydrogens is 773 g/mol. The summed E-state index contributed by atoms with van der Waals surface area (Å²) in [6.07, 6.45) is -5.90. The van der Waals surface area contributed by atoms with E-state index in [4.69, 9.17) is 15.2 Å². The Balaban J connectivity index is 1.62. The standard InChI is InChI=1S/C43H49F3N4O9/c1-26(2)33(47)38(54)50-23-13-21-42(50,41(57)49-34(27(3)4)36(52)43(44,45)46)35(51)30-18-11-12-19-31(30)37(53)48-22-20-32(39(55)58-24-28-14-7-5-8-15-28)40(56)59-25-29-16-9-6-10-17-29/h5-12,14-19,26-27,32-34H,13,20-25,47H2,1-4H3,(H,48,53)(H,49,57)/t33-,34?,42+/m0/s1. The number of carbonyl (C=O) groups excluding carboxylic acids is 7. The van der Waals surface area contributed by atoms with Crippen LogP contribution in [0.3, 0.4) is 0 Å². The Kier molecular flexibility index (Phi) is 15.7. The molecule has 316 valence electrons. The minimum absolute atomic E-state index is 0.0613. The Morgan fingerprint density at radius 3 is 1.76 bits per heavy atom. The second-order valence-electron chi connectivity index (χ2n) is 14.9. The first kappa shape index (κ1) is 45.8. The minimum Gasteiger partial charge on any atom is -0.460 e. The number of nitrogens with two attached hydrogens (primary N) is 1. The summed E-state index contributed by atoms with van der Waals surface area (Å²) in [7, 11) is 0. The van der Waals surface area contributed by atoms with Gasteiger partial charge in [0, 0.05) is 18.7 Å². The molecule has 0 radical (unpaired) electrons. The third kappa shape index (κ3) is 11.2. The Morgan fingerprint density at radius 1 is 0.763 bits per heavy atom. The molecule has 0 saturated carbocycles. The number of amides is 3. The number of rotatable bonds is 18. The summed E-state index contributed by atoms with van der Waals surface area (Å²) >= 11 is 0. The lowest BCUT2D eigenvalue weighted by atomic mass is 9.82. The highest BCUT2D eigenvalue weighted by atomic mass is 19.4. The molecule has 1 unspecified atom stereocenters. The Bertz CT molecular complexity index is 1940. The molecule has 1 aliphatic rings. The molecular formula is C43H49F3N4O9. The number of esters is 2. The third-order valence-electron chi connectivity index (χ3n) is 10.1. The number of nitrogens with one attached hydrogen (secondary N) is 2. The van der Waals surface area contributed by atoms with E-state index >= 15 is 0 Å². The van der Waals surface area contributed by atoms with Gasteiger partial charge in [0.15, 0.2) is 17.2 Å². The number of carbonyl (C=O) groups is 7. The van der Waals surface area contributed by atoms with Crippen LogP contribution in [0.1, 0.15) is 78.8 Å². The van der Waals surface area contributed by atoms with Crippen LogP contribution in [0.5, 0.6) is 0 Å². The number of likely N-dealkylation sites (tertiary alicyclic amines) is 1. The number of halogens is 3. The molecule has 59 heavy (non-hydrogen) atoms. The van der Waals surface area contributed by atoms with Crippen LogP contribution in [0.25, 0.3) is 0 Å². The van der Waals surface area contributed by atoms with Gasteiger partial charge in [-0.15, -0.1) is 0 Å². The molecule has 1 aliphatic heterocycles. The van der Waals surface area contributed by atoms with Gasteiger partial charge >= 0.3 is 18.1 Å². The van der Waals surface area contributed by atoms with Crippen LogP contribution in [0, 0.1) is 17.8 Å². The first-order chi connectivity index (χ1) is 27.9. The second kappa shape index (κ2) is 20.2. The van der Waals surface area contributed by atoms with E-state index in [1.165, 1.54) is 38.1 Å². The van der Waals surface area contributed by atoms with Crippen LogP contribution in [0.15, 0.2) is 84.9 Å². The number of nitrogens with zero attached hydrogens (tertiary/aromatic N) is 1. The molecule has 1 fully saturated rings. The summed E-state index contributed by atoms with van der Waals surface area (Å²) in [5.74, 6) is -11.2. The van der Waals surface area contributed by atoms with Gasteiger partial charge in [0.05, 0.1) is 17.6 Å². The maximum absolute atomic E-state index is 14.8. The highest BCUT2D eigenvalue weighted by Crippen LogP contribution is 2.36. The zero-order valence-electron chi connectivity index (χ0n) is 33.3. The molecule has 0 aromatic heterocycles. The minimum atomic E-state index is -5.33. The average Bonchev–Trinajstić information content (AvgIpc) is 3.68. The molecule has 4 N–H and O–H groups in total. The summed E-state index contributed by atoms with van der Waals surface area (Å²) in [5.41, 5.74) is 4.39. The van der Waals surface area contributed by atoms with E-state index in [-0.39, 0.29) is 56.7 Å². The van der Waals surface area contributed by atoms with Gasteiger partial charge in [-0.1, -0.05) is 107 Å². The molecule has 3 amide bonds. The molecule has 3 aromatic carbocycles. The van der Waals surface area contributed by atoms with E-state index in [9.17, 15) is 46.7 Å². The smallest absolute Gasteiger partial charge is 0.452 e. The predicted molar refractivity (Wildman–Crippen MR) is 208 cm³/mol. The van der Waals surface area contributed by atoms with Gasteiger partial charge in [-0.05, 0) is 48.3 Å². The van der Waals surface area contributed by atoms with Gasteiger partial charge in [-0.2, -0.15) is 13.2 Å². The van der Waals surface area contributed by atoms with Crippen LogP contribution in [0.4, 0.5) is 13.2 Å². The maximum atomic E-state index is 14.8. The molecule has 3 atom stereocenters. The molecule has 0 aliphatic carbocycles. The fraction of sp³-hybridized carbons (Fsp3) is 0.419. The molecule has 16 heteroatoms. The molecule has 1 heterocycles. The molecule has 13 nitrogen and oxygen atoms in total. The van der Waals surface area contributed by atoms with Crippen molar-refractivity contribution in [3.05, 3.63) is 107 Å². The Labute approximate surface area is 340 Å². The van der Waals surface area contributed by atoms with Gasteiger partial charge in [-0.3, -0.25) is 33.6 Å². The van der Waals surface area contributed by atoms with Crippen molar-refractivity contribution in [2.75, 3.05) is 13.1 Å². The van der Waals surface area contributed by atoms with E-state index < -0.39 is 82.8 Å². The highest BCUT2D eigenvalue weighted by Gasteiger charge is 2.58. The number of ether oxygens (including phenoxy) is 2. The van der Waals surface area contributed by atoms with Crippen LogP contribution < -0.4 is 16.4 Å². The number of benzene rings is 3. The van der Waals surface area contributed by atoms with E-state index in [1.807, 2.05) is 0 Å². The van der Waals surface area contributed by atoms with E-state index in [1.54, 1.807) is 74.5 Å². The second-order valence-corrected chi connectivity index (χ2v) is 14.9. The maximum Gasteiger partial charge on any atom is 0.452 e. The van der Waals surface area contributed by atoms with Crippen LogP contribution in [-0.2, 0) is 46.7 Å². The van der Waals surface area contributed by atoms with Crippen molar-refractivity contribution in [1.29, 1.82) is 0 Å². The zero-order valence-corrected chi connectivity index (χ0v) is 33.3. The topological polar surface area (TPSA) is 191 Å². The lowest BCUT2D eigenvalue weighted by Crippen LogP contribution is -2.67. The van der Waals surface area contributed by atoms with E-state index in [0.29, 0.717) is 11.1 Å². The van der Waals surface area contributed by atoms with Crippen molar-refractivity contribution < 1.29 is 56.2 Å². The fourth-order valence-corrected chi connectivity index (χ4v) is 6.65. The van der Waals surface area contributed by atoms with Crippen LogP contribution in [-0.4, -0.2) is 83.0 Å². The van der Waals surface area contributed by atoms with E-state index in [0.717, 1.165) is 4.90 Å². The number of Topliss-reactive ketones (excluding diaryl/α,β-unsaturated/α-hetero) is 2. The summed E-state index contributed by atoms with van der Waals surface area (Å²) in [6, 6.07) is 19.5. The summed E-state index contributed by atoms with van der Waals surface area (Å²) in [5, 5.41) is 4.70. The molecule has 1 saturated heterocycles. The van der Waals surface area contributed by atoms with Crippen molar-refractivity contribution in [2.24, 2.45) is 23.5 Å². The quantitative estimate of drug-likeness (QED) is 0.0921. The van der Waals surface area contributed by atoms with Gasteiger partial charge < -0.3 is 30.7 Å². The fourth-order valence-electron chi connectivity index (χ4n) is 6.65. The van der Waals surface area contributed by atoms with Crippen LogP contribution in [0.2, 0.25) is 0 Å². The van der Waals surface area contributed by atoms with Crippen molar-refractivity contribution in [2.45, 2.75) is 84.0 Å². The number of hydrogen-bond donors (Lipinski definition) is 3. The Hall–Kier alpha value is -5.90. The van der Waals surface area contributed by atoms with Crippen molar-refractivity contribution >= 4 is 41.2 Å². The van der Waals surface area contributed by atoms with Crippen molar-refractivity contribution in [3.63, 3.8) is 0 Å². The third-order valence-corrected chi connectivity index (χ3v) is 10.1. The average molecular weight is 823 g/mol. The molecule has 0 bridgehead atoms. The predicted octanol–water partition coefficient (Wildman–Crippen LogP) is 4.71. The first-order valence-corrected chi connectivity index (χ1v) is 19.2. The largest absolute Gasteiger partial charge is 0.460 e. The number of ketones is 2. The molecule has 3 aromatic rings.